The molecule has 0 aliphatic carbocycles. The number of hydrogen-bond donors (Lipinski definition) is 1. The molecular formula is C15H20FN3. The second-order valence-corrected chi connectivity index (χ2v) is 4.98. The summed E-state index contributed by atoms with van der Waals surface area (Å²) in [6.45, 7) is 6.79. The highest BCUT2D eigenvalue weighted by atomic mass is 19.1. The van der Waals surface area contributed by atoms with Gasteiger partial charge in [0, 0.05) is 30.9 Å². The second kappa shape index (κ2) is 5.53. The standard InChI is InChI=1S/C15H20FN3/c1-10-5-6-14(16)7-13(10)8-17-11(2)15-9-18-19(4)12(15)3/h5-7,9,11,17H,8H2,1-4H3. The Labute approximate surface area is 113 Å². The molecule has 1 N–H and O–H groups in total. The van der Waals surface area contributed by atoms with Crippen LogP contribution in [0.15, 0.2) is 24.4 Å². The Balaban J connectivity index is 2.06. The molecule has 1 unspecified atom stereocenters. The lowest BCUT2D eigenvalue weighted by Crippen LogP contribution is -2.19. The van der Waals surface area contributed by atoms with Crippen molar-refractivity contribution in [1.29, 1.82) is 0 Å². The molecule has 4 heteroatoms. The van der Waals surface area contributed by atoms with Crippen molar-refractivity contribution in [3.8, 4) is 0 Å². The molecule has 1 aromatic heterocycles. The Morgan fingerprint density at radius 2 is 2.11 bits per heavy atom. The molecular weight excluding hydrogens is 241 g/mol. The third-order valence-corrected chi connectivity index (χ3v) is 3.65. The fourth-order valence-corrected chi connectivity index (χ4v) is 2.14. The van der Waals surface area contributed by atoms with Crippen LogP contribution < -0.4 is 5.32 Å². The van der Waals surface area contributed by atoms with Crippen molar-refractivity contribution in [2.75, 3.05) is 0 Å². The molecule has 1 aromatic carbocycles. The van der Waals surface area contributed by atoms with E-state index in [0.717, 1.165) is 16.8 Å². The van der Waals surface area contributed by atoms with Gasteiger partial charge in [-0.2, -0.15) is 5.10 Å². The molecule has 0 aliphatic heterocycles. The Morgan fingerprint density at radius 1 is 1.37 bits per heavy atom. The van der Waals surface area contributed by atoms with Crippen molar-refractivity contribution in [2.24, 2.45) is 7.05 Å². The summed E-state index contributed by atoms with van der Waals surface area (Å²) in [4.78, 5) is 0. The number of aryl methyl sites for hydroxylation is 2. The zero-order chi connectivity index (χ0) is 14.0. The van der Waals surface area contributed by atoms with E-state index in [1.807, 2.05) is 37.8 Å². The molecule has 2 rings (SSSR count). The van der Waals surface area contributed by atoms with Crippen LogP contribution >= 0.6 is 0 Å². The number of hydrogen-bond acceptors (Lipinski definition) is 2. The number of halogens is 1. The van der Waals surface area contributed by atoms with Crippen LogP contribution in [0.5, 0.6) is 0 Å². The summed E-state index contributed by atoms with van der Waals surface area (Å²) in [5.74, 6) is -0.187. The van der Waals surface area contributed by atoms with Crippen molar-refractivity contribution < 1.29 is 4.39 Å². The molecule has 0 spiro atoms. The summed E-state index contributed by atoms with van der Waals surface area (Å²) >= 11 is 0. The zero-order valence-electron chi connectivity index (χ0n) is 11.9. The van der Waals surface area contributed by atoms with Crippen LogP contribution in [-0.2, 0) is 13.6 Å². The van der Waals surface area contributed by atoms with Crippen LogP contribution in [0.25, 0.3) is 0 Å². The highest BCUT2D eigenvalue weighted by Crippen LogP contribution is 2.17. The topological polar surface area (TPSA) is 29.9 Å². The monoisotopic (exact) mass is 261 g/mol. The van der Waals surface area contributed by atoms with Gasteiger partial charge in [-0.15, -0.1) is 0 Å². The number of rotatable bonds is 4. The van der Waals surface area contributed by atoms with Gasteiger partial charge in [-0.05, 0) is 44.0 Å². The molecule has 0 bridgehead atoms. The van der Waals surface area contributed by atoms with Gasteiger partial charge < -0.3 is 5.32 Å². The highest BCUT2D eigenvalue weighted by Gasteiger charge is 2.12. The van der Waals surface area contributed by atoms with Gasteiger partial charge in [0.05, 0.1) is 6.20 Å². The van der Waals surface area contributed by atoms with E-state index in [-0.39, 0.29) is 11.9 Å². The molecule has 0 saturated heterocycles. The average molecular weight is 261 g/mol. The lowest BCUT2D eigenvalue weighted by molar-refractivity contribution is 0.564. The minimum atomic E-state index is -0.187. The highest BCUT2D eigenvalue weighted by molar-refractivity contribution is 5.27. The van der Waals surface area contributed by atoms with Gasteiger partial charge in [0.1, 0.15) is 5.82 Å². The van der Waals surface area contributed by atoms with Crippen molar-refractivity contribution in [3.05, 3.63) is 52.6 Å². The van der Waals surface area contributed by atoms with Crippen molar-refractivity contribution in [2.45, 2.75) is 33.4 Å². The first kappa shape index (κ1) is 13.7. The van der Waals surface area contributed by atoms with Crippen LogP contribution in [0.2, 0.25) is 0 Å². The van der Waals surface area contributed by atoms with Gasteiger partial charge in [-0.1, -0.05) is 6.07 Å². The molecule has 102 valence electrons. The Morgan fingerprint density at radius 3 is 2.74 bits per heavy atom. The molecule has 0 amide bonds. The molecule has 19 heavy (non-hydrogen) atoms. The van der Waals surface area contributed by atoms with Crippen LogP contribution in [0.1, 0.15) is 35.3 Å². The van der Waals surface area contributed by atoms with Crippen LogP contribution in [0.3, 0.4) is 0 Å². The minimum absolute atomic E-state index is 0.187. The summed E-state index contributed by atoms with van der Waals surface area (Å²) in [6, 6.07) is 5.08. The zero-order valence-corrected chi connectivity index (χ0v) is 11.9. The summed E-state index contributed by atoms with van der Waals surface area (Å²) in [7, 11) is 1.93. The van der Waals surface area contributed by atoms with Crippen LogP contribution in [0, 0.1) is 19.7 Å². The smallest absolute Gasteiger partial charge is 0.123 e. The van der Waals surface area contributed by atoms with Crippen molar-refractivity contribution in [3.63, 3.8) is 0 Å². The van der Waals surface area contributed by atoms with E-state index in [0.29, 0.717) is 6.54 Å². The quantitative estimate of drug-likeness (QED) is 0.916. The second-order valence-electron chi connectivity index (χ2n) is 4.98. The summed E-state index contributed by atoms with van der Waals surface area (Å²) in [5.41, 5.74) is 4.42. The van der Waals surface area contributed by atoms with Gasteiger partial charge in [-0.3, -0.25) is 4.68 Å². The van der Waals surface area contributed by atoms with Gasteiger partial charge in [0.15, 0.2) is 0 Å². The fraction of sp³-hybridized carbons (Fsp3) is 0.400. The molecule has 0 saturated carbocycles. The van der Waals surface area contributed by atoms with Gasteiger partial charge in [-0.25, -0.2) is 4.39 Å². The maximum atomic E-state index is 13.2. The lowest BCUT2D eigenvalue weighted by Gasteiger charge is -2.15. The maximum Gasteiger partial charge on any atom is 0.123 e. The number of nitrogens with one attached hydrogen (secondary N) is 1. The molecule has 1 atom stereocenters. The Kier molecular flexibility index (Phi) is 4.00. The molecule has 2 aromatic rings. The van der Waals surface area contributed by atoms with Gasteiger partial charge in [0.2, 0.25) is 0 Å². The van der Waals surface area contributed by atoms with Gasteiger partial charge in [0.25, 0.3) is 0 Å². The number of nitrogens with zero attached hydrogens (tertiary/aromatic N) is 2. The predicted octanol–water partition coefficient (Wildman–Crippen LogP) is 3.03. The van der Waals surface area contributed by atoms with E-state index in [1.165, 1.54) is 11.6 Å². The molecule has 0 fully saturated rings. The summed E-state index contributed by atoms with van der Waals surface area (Å²) < 4.78 is 15.1. The fourth-order valence-electron chi connectivity index (χ4n) is 2.14. The summed E-state index contributed by atoms with van der Waals surface area (Å²) in [5, 5.41) is 7.66. The maximum absolute atomic E-state index is 13.2. The molecule has 1 heterocycles. The first-order valence-corrected chi connectivity index (χ1v) is 6.46. The van der Waals surface area contributed by atoms with E-state index < -0.39 is 0 Å². The van der Waals surface area contributed by atoms with E-state index in [9.17, 15) is 4.39 Å². The molecule has 0 aliphatic rings. The normalized spacial score (nSPS) is 12.7. The molecule has 0 radical (unpaired) electrons. The van der Waals surface area contributed by atoms with Crippen LogP contribution in [-0.4, -0.2) is 9.78 Å². The minimum Gasteiger partial charge on any atom is -0.306 e. The Bertz CT molecular complexity index is 575. The van der Waals surface area contributed by atoms with E-state index >= 15 is 0 Å². The van der Waals surface area contributed by atoms with E-state index in [1.54, 1.807) is 6.07 Å². The van der Waals surface area contributed by atoms with Gasteiger partial charge >= 0.3 is 0 Å². The first-order valence-electron chi connectivity index (χ1n) is 6.46. The number of benzene rings is 1. The number of aromatic nitrogens is 2. The SMILES string of the molecule is Cc1ccc(F)cc1CNC(C)c1cnn(C)c1C. The van der Waals surface area contributed by atoms with E-state index in [2.05, 4.69) is 17.3 Å². The van der Waals surface area contributed by atoms with Crippen molar-refractivity contribution in [1.82, 2.24) is 15.1 Å². The van der Waals surface area contributed by atoms with Crippen LogP contribution in [0.4, 0.5) is 4.39 Å². The van der Waals surface area contributed by atoms with E-state index in [4.69, 9.17) is 0 Å². The summed E-state index contributed by atoms with van der Waals surface area (Å²) in [6.07, 6.45) is 1.88. The Hall–Kier alpha value is -1.68. The van der Waals surface area contributed by atoms with Crippen molar-refractivity contribution >= 4 is 0 Å². The third-order valence-electron chi connectivity index (χ3n) is 3.65. The largest absolute Gasteiger partial charge is 0.306 e. The average Bonchev–Trinajstić information content (AvgIpc) is 2.71. The third kappa shape index (κ3) is 3.01. The first-order chi connectivity index (χ1) is 8.99. The lowest BCUT2D eigenvalue weighted by atomic mass is 10.1. The predicted molar refractivity (Wildman–Crippen MR) is 74.3 cm³/mol. The molecule has 3 nitrogen and oxygen atoms in total.